The fraction of sp³-hybridized carbons (Fsp3) is 0.526. The lowest BCUT2D eigenvalue weighted by Crippen LogP contribution is -2.64. The van der Waals surface area contributed by atoms with Gasteiger partial charge in [-0.3, -0.25) is 9.59 Å². The first-order valence-electron chi connectivity index (χ1n) is 18.9. The van der Waals surface area contributed by atoms with Gasteiger partial charge in [0.25, 0.3) is 0 Å². The van der Waals surface area contributed by atoms with Crippen molar-refractivity contribution in [3.05, 3.63) is 52.1 Å². The number of hydrogen-bond donors (Lipinski definition) is 7. The van der Waals surface area contributed by atoms with Gasteiger partial charge in [0.1, 0.15) is 59.8 Å². The number of cyclic esters (lactones) is 1. The number of nitrogens with two attached hydrogens (primary N) is 1. The van der Waals surface area contributed by atoms with Crippen molar-refractivity contribution in [1.29, 1.82) is 0 Å². The van der Waals surface area contributed by atoms with Crippen LogP contribution in [0.3, 0.4) is 0 Å². The van der Waals surface area contributed by atoms with Crippen LogP contribution in [0, 0.1) is 12.8 Å². The Hall–Kier alpha value is -4.37. The number of nitrogens with one attached hydrogen (secondary N) is 2. The number of phenols is 1. The maximum atomic E-state index is 13.6. The molecule has 2 fully saturated rings. The Balaban J connectivity index is 1.07. The van der Waals surface area contributed by atoms with Gasteiger partial charge in [0.2, 0.25) is 11.8 Å². The third-order valence-electron chi connectivity index (χ3n) is 10.5. The molecular weight excluding hydrogens is 815 g/mol. The highest BCUT2D eigenvalue weighted by atomic mass is 32.5. The summed E-state index contributed by atoms with van der Waals surface area (Å²) in [5, 5.41) is 47.2. The van der Waals surface area contributed by atoms with Crippen LogP contribution in [0.5, 0.6) is 28.7 Å². The number of allylic oxidation sites excluding steroid dienone is 1. The first-order chi connectivity index (χ1) is 27.9. The first-order valence-corrected chi connectivity index (χ1v) is 21.5. The second-order valence-electron chi connectivity index (χ2n) is 14.9. The highest BCUT2D eigenvalue weighted by Gasteiger charge is 2.47. The number of phenolic OH excluding ortho intramolecular Hbond substituents is 1. The van der Waals surface area contributed by atoms with Crippen LogP contribution in [-0.2, 0) is 53.4 Å². The summed E-state index contributed by atoms with van der Waals surface area (Å²) in [4.78, 5) is 52.2. The second-order valence-corrected chi connectivity index (χ2v) is 18.0. The summed E-state index contributed by atoms with van der Waals surface area (Å²) in [6.07, 6.45) is -3.23. The molecule has 4 heterocycles. The number of fused-ring (bicyclic) bond motifs is 2. The number of aromatic hydroxyl groups is 1. The Morgan fingerprint density at radius 1 is 1.17 bits per heavy atom. The van der Waals surface area contributed by atoms with Crippen molar-refractivity contribution in [3.8, 4) is 28.7 Å². The highest BCUT2D eigenvalue weighted by molar-refractivity contribution is 8.09. The van der Waals surface area contributed by atoms with Crippen LogP contribution in [0.15, 0.2) is 29.8 Å². The SMILES string of the molecule is COc1c(C)c2c(c(O)c1C/C=C(\C)CNP1(=S)Oc3ccc(OC(=O)[C@@H]4CC(COC5O[C@H](CO)[C@H](O)[C@H](O)[C@H]5NC(C)=O)CN4C(=O)[C@H](C)N)cc3O1)C(=O)OC2. The van der Waals surface area contributed by atoms with Crippen molar-refractivity contribution < 1.29 is 72.3 Å². The minimum absolute atomic E-state index is 0.0617. The molecule has 0 spiro atoms. The normalized spacial score (nSPS) is 27.9. The summed E-state index contributed by atoms with van der Waals surface area (Å²) in [5.41, 5.74) is 8.66. The summed E-state index contributed by atoms with van der Waals surface area (Å²) >= 11 is 5.71. The number of amides is 2. The van der Waals surface area contributed by atoms with Crippen LogP contribution in [0.1, 0.15) is 54.2 Å². The number of methoxy groups -OCH3 is 1. The van der Waals surface area contributed by atoms with Crippen molar-refractivity contribution >= 4 is 42.2 Å². The van der Waals surface area contributed by atoms with Gasteiger partial charge in [0.15, 0.2) is 17.8 Å². The number of carbonyl (C=O) groups is 4. The number of esters is 2. The molecule has 322 valence electrons. The fourth-order valence-electron chi connectivity index (χ4n) is 7.44. The lowest BCUT2D eigenvalue weighted by atomic mass is 9.95. The average Bonchev–Trinajstić information content (AvgIpc) is 3.90. The lowest BCUT2D eigenvalue weighted by Gasteiger charge is -2.42. The van der Waals surface area contributed by atoms with Gasteiger partial charge in [-0.15, -0.1) is 0 Å². The number of nitrogens with zero attached hydrogens (tertiary/aromatic N) is 1. The molecule has 0 aromatic heterocycles. The summed E-state index contributed by atoms with van der Waals surface area (Å²) in [5.74, 6) is -1.83. The van der Waals surface area contributed by atoms with Gasteiger partial charge >= 0.3 is 18.6 Å². The number of aliphatic hydroxyl groups is 3. The Morgan fingerprint density at radius 3 is 2.58 bits per heavy atom. The van der Waals surface area contributed by atoms with Crippen molar-refractivity contribution in [2.45, 2.75) is 89.9 Å². The minimum atomic E-state index is -3.11. The van der Waals surface area contributed by atoms with E-state index in [0.717, 1.165) is 11.1 Å². The number of likely N-dealkylation sites (tertiary alicyclic amines) is 1. The topological polar surface area (TPSA) is 267 Å². The van der Waals surface area contributed by atoms with Gasteiger partial charge < -0.3 is 69.1 Å². The van der Waals surface area contributed by atoms with Crippen molar-refractivity contribution in [2.24, 2.45) is 11.7 Å². The van der Waals surface area contributed by atoms with E-state index in [1.807, 2.05) is 19.9 Å². The van der Waals surface area contributed by atoms with E-state index < -0.39 is 85.6 Å². The molecule has 6 rings (SSSR count). The molecule has 0 radical (unpaired) electrons. The lowest BCUT2D eigenvalue weighted by molar-refractivity contribution is -0.272. The maximum Gasteiger partial charge on any atom is 0.365 e. The van der Waals surface area contributed by atoms with Gasteiger partial charge in [-0.25, -0.2) is 14.7 Å². The molecule has 3 unspecified atom stereocenters. The zero-order valence-corrected chi connectivity index (χ0v) is 34.7. The zero-order chi connectivity index (χ0) is 42.9. The van der Waals surface area contributed by atoms with Gasteiger partial charge in [-0.1, -0.05) is 11.6 Å². The summed E-state index contributed by atoms with van der Waals surface area (Å²) in [6.45, 7) is 2.94. The molecule has 0 saturated carbocycles. The molecule has 8 N–H and O–H groups in total. The van der Waals surface area contributed by atoms with Gasteiger partial charge in [-0.2, -0.15) is 0 Å². The van der Waals surface area contributed by atoms with E-state index in [0.29, 0.717) is 22.6 Å². The van der Waals surface area contributed by atoms with E-state index >= 15 is 0 Å². The number of rotatable bonds is 14. The summed E-state index contributed by atoms with van der Waals surface area (Å²) in [6, 6.07) is 1.34. The predicted molar refractivity (Wildman–Crippen MR) is 210 cm³/mol. The number of carbonyl (C=O) groups excluding carboxylic acids is 4. The van der Waals surface area contributed by atoms with E-state index in [2.05, 4.69) is 10.4 Å². The maximum absolute atomic E-state index is 13.6. The van der Waals surface area contributed by atoms with Crippen molar-refractivity contribution in [1.82, 2.24) is 15.3 Å². The molecule has 0 bridgehead atoms. The Kier molecular flexibility index (Phi) is 13.5. The van der Waals surface area contributed by atoms with E-state index in [4.69, 9.17) is 50.3 Å². The molecule has 19 nitrogen and oxygen atoms in total. The summed E-state index contributed by atoms with van der Waals surface area (Å²) in [7, 11) is 1.49. The quantitative estimate of drug-likeness (QED) is 0.0593. The molecule has 2 saturated heterocycles. The standard InChI is InChI=1S/C38H49N4O15PS/c1-17(6-8-23-31(45)29-24(16-52-37(29)50)18(2)34(23)51-5)12-40-58(59)56-26-9-7-22(11-27(26)57-58)54-36(49)25-10-21(13-42(25)35(48)19(3)39)15-53-38-30(41-20(4)44)33(47)32(46)28(14-43)55-38/h6-7,9,11,19,21,25,28,30,32-33,38,43,45-47H,8,10,12-16,39H2,1-5H3,(H,40,59)(H,41,44)/b17-6+/t19-,21?,25-,28+,30+,32-,33+,38?,58?/m0/s1. The summed E-state index contributed by atoms with van der Waals surface area (Å²) < 4.78 is 40.0. The molecular formula is C38H49N4O15PS. The van der Waals surface area contributed by atoms with Crippen LogP contribution in [0.2, 0.25) is 0 Å². The highest BCUT2D eigenvalue weighted by Crippen LogP contribution is 2.56. The van der Waals surface area contributed by atoms with Crippen LogP contribution >= 0.6 is 6.64 Å². The van der Waals surface area contributed by atoms with Crippen LogP contribution < -0.4 is 34.7 Å². The van der Waals surface area contributed by atoms with E-state index in [1.54, 1.807) is 6.07 Å². The van der Waals surface area contributed by atoms with Crippen LogP contribution in [0.4, 0.5) is 0 Å². The number of ether oxygens (including phenoxy) is 5. The van der Waals surface area contributed by atoms with E-state index in [1.165, 1.54) is 38.0 Å². The van der Waals surface area contributed by atoms with Crippen molar-refractivity contribution in [3.63, 3.8) is 0 Å². The molecule has 2 aromatic rings. The second kappa shape index (κ2) is 18.1. The third-order valence-corrected chi connectivity index (χ3v) is 12.8. The molecule has 0 aliphatic carbocycles. The Bertz CT molecular complexity index is 2070. The molecule has 9 atom stereocenters. The molecule has 2 amide bonds. The third kappa shape index (κ3) is 9.35. The number of benzene rings is 2. The largest absolute Gasteiger partial charge is 0.507 e. The molecule has 4 aliphatic rings. The first kappa shape index (κ1) is 44.2. The smallest absolute Gasteiger partial charge is 0.365 e. The predicted octanol–water partition coefficient (Wildman–Crippen LogP) is 0.584. The van der Waals surface area contributed by atoms with Crippen LogP contribution in [-0.4, -0.2) is 125 Å². The van der Waals surface area contributed by atoms with Crippen LogP contribution in [0.25, 0.3) is 0 Å². The molecule has 2 aromatic carbocycles. The number of hydrogen-bond acceptors (Lipinski definition) is 17. The Labute approximate surface area is 344 Å². The number of aliphatic hydroxyl groups excluding tert-OH is 3. The molecule has 21 heteroatoms. The average molecular weight is 865 g/mol. The fourth-order valence-corrected chi connectivity index (χ4v) is 9.54. The monoisotopic (exact) mass is 864 g/mol. The Morgan fingerprint density at radius 2 is 1.90 bits per heavy atom. The molecule has 59 heavy (non-hydrogen) atoms. The van der Waals surface area contributed by atoms with Gasteiger partial charge in [0.05, 0.1) is 26.4 Å². The van der Waals surface area contributed by atoms with Gasteiger partial charge in [-0.05, 0) is 51.3 Å². The van der Waals surface area contributed by atoms with Gasteiger partial charge in [0, 0.05) is 54.9 Å². The zero-order valence-electron chi connectivity index (χ0n) is 33.0. The van der Waals surface area contributed by atoms with E-state index in [9.17, 15) is 39.6 Å². The molecule has 4 aliphatic heterocycles. The minimum Gasteiger partial charge on any atom is -0.507 e. The van der Waals surface area contributed by atoms with E-state index in [-0.39, 0.29) is 62.0 Å². The van der Waals surface area contributed by atoms with Crippen molar-refractivity contribution in [2.75, 3.05) is 33.4 Å².